The lowest BCUT2D eigenvalue weighted by atomic mass is 10.0. The summed E-state index contributed by atoms with van der Waals surface area (Å²) in [5.74, 6) is 1.35. The summed E-state index contributed by atoms with van der Waals surface area (Å²) in [6.07, 6.45) is 1.42. The van der Waals surface area contributed by atoms with Crippen molar-refractivity contribution in [3.8, 4) is 5.75 Å². The van der Waals surface area contributed by atoms with Crippen molar-refractivity contribution in [2.24, 2.45) is 0 Å². The Hall–Kier alpha value is -1.02. The SMILES string of the molecule is CCC[C@@H](O)COc1cc(C)ccc1C(C)C. The van der Waals surface area contributed by atoms with E-state index in [0.29, 0.717) is 12.5 Å². The first-order valence-electron chi connectivity index (χ1n) is 6.46. The smallest absolute Gasteiger partial charge is 0.123 e. The summed E-state index contributed by atoms with van der Waals surface area (Å²) in [6, 6.07) is 6.26. The molecule has 0 fully saturated rings. The van der Waals surface area contributed by atoms with Gasteiger partial charge in [-0.3, -0.25) is 0 Å². The first kappa shape index (κ1) is 14.0. The van der Waals surface area contributed by atoms with Gasteiger partial charge in [0.15, 0.2) is 0 Å². The molecule has 0 amide bonds. The molecule has 0 aliphatic rings. The van der Waals surface area contributed by atoms with Gasteiger partial charge >= 0.3 is 0 Å². The molecule has 0 saturated carbocycles. The van der Waals surface area contributed by atoms with Crippen LogP contribution in [0.5, 0.6) is 5.75 Å². The van der Waals surface area contributed by atoms with Crippen LogP contribution in [0.2, 0.25) is 0 Å². The van der Waals surface area contributed by atoms with Crippen molar-refractivity contribution >= 4 is 0 Å². The normalized spacial score (nSPS) is 12.8. The van der Waals surface area contributed by atoms with Gasteiger partial charge in [0, 0.05) is 0 Å². The van der Waals surface area contributed by atoms with E-state index >= 15 is 0 Å². The first-order chi connectivity index (χ1) is 8.04. The molecule has 0 aliphatic heterocycles. The Kier molecular flexibility index (Phi) is 5.49. The molecule has 2 nitrogen and oxygen atoms in total. The predicted molar refractivity (Wildman–Crippen MR) is 71.7 cm³/mol. The van der Waals surface area contributed by atoms with Crippen LogP contribution in [0.4, 0.5) is 0 Å². The zero-order valence-electron chi connectivity index (χ0n) is 11.4. The average molecular weight is 236 g/mol. The first-order valence-corrected chi connectivity index (χ1v) is 6.46. The zero-order valence-corrected chi connectivity index (χ0v) is 11.4. The summed E-state index contributed by atoms with van der Waals surface area (Å²) >= 11 is 0. The number of ether oxygens (including phenoxy) is 1. The average Bonchev–Trinajstić information content (AvgIpc) is 2.26. The molecule has 1 atom stereocenters. The van der Waals surface area contributed by atoms with Crippen molar-refractivity contribution in [2.45, 2.75) is 52.6 Å². The third kappa shape index (κ3) is 4.39. The van der Waals surface area contributed by atoms with Crippen LogP contribution in [0, 0.1) is 6.92 Å². The molecule has 0 radical (unpaired) electrons. The Balaban J connectivity index is 2.71. The third-order valence-corrected chi connectivity index (χ3v) is 2.84. The summed E-state index contributed by atoms with van der Waals surface area (Å²) in [5.41, 5.74) is 2.40. The molecular weight excluding hydrogens is 212 g/mol. The van der Waals surface area contributed by atoms with E-state index in [9.17, 15) is 5.11 Å². The van der Waals surface area contributed by atoms with E-state index in [4.69, 9.17) is 4.74 Å². The minimum absolute atomic E-state index is 0.361. The molecule has 0 saturated heterocycles. The van der Waals surface area contributed by atoms with E-state index in [2.05, 4.69) is 39.8 Å². The van der Waals surface area contributed by atoms with Crippen LogP contribution in [-0.2, 0) is 0 Å². The second-order valence-corrected chi connectivity index (χ2v) is 4.95. The Morgan fingerprint density at radius 1 is 1.29 bits per heavy atom. The number of benzene rings is 1. The maximum absolute atomic E-state index is 9.68. The molecule has 96 valence electrons. The van der Waals surface area contributed by atoms with Crippen molar-refractivity contribution in [2.75, 3.05) is 6.61 Å². The molecule has 1 aromatic carbocycles. The van der Waals surface area contributed by atoms with Gasteiger partial charge in [-0.15, -0.1) is 0 Å². The molecule has 17 heavy (non-hydrogen) atoms. The zero-order chi connectivity index (χ0) is 12.8. The second kappa shape index (κ2) is 6.65. The number of rotatable bonds is 6. The number of hydrogen-bond donors (Lipinski definition) is 1. The molecule has 0 bridgehead atoms. The van der Waals surface area contributed by atoms with Crippen LogP contribution >= 0.6 is 0 Å². The molecule has 1 aromatic rings. The molecule has 1 rings (SSSR count). The van der Waals surface area contributed by atoms with Crippen molar-refractivity contribution < 1.29 is 9.84 Å². The van der Waals surface area contributed by atoms with E-state index in [1.165, 1.54) is 11.1 Å². The van der Waals surface area contributed by atoms with E-state index in [0.717, 1.165) is 18.6 Å². The lowest BCUT2D eigenvalue weighted by Crippen LogP contribution is -2.17. The highest BCUT2D eigenvalue weighted by Gasteiger charge is 2.10. The van der Waals surface area contributed by atoms with E-state index in [1.54, 1.807) is 0 Å². The number of hydrogen-bond acceptors (Lipinski definition) is 2. The molecule has 0 spiro atoms. The lowest BCUT2D eigenvalue weighted by molar-refractivity contribution is 0.0987. The Labute approximate surface area is 105 Å². The maximum Gasteiger partial charge on any atom is 0.123 e. The summed E-state index contributed by atoms with van der Waals surface area (Å²) in [6.45, 7) is 8.81. The van der Waals surface area contributed by atoms with Gasteiger partial charge in [0.2, 0.25) is 0 Å². The highest BCUT2D eigenvalue weighted by atomic mass is 16.5. The third-order valence-electron chi connectivity index (χ3n) is 2.84. The molecular formula is C15H24O2. The predicted octanol–water partition coefficient (Wildman–Crippen LogP) is 3.66. The summed E-state index contributed by atoms with van der Waals surface area (Å²) in [4.78, 5) is 0. The summed E-state index contributed by atoms with van der Waals surface area (Å²) in [7, 11) is 0. The maximum atomic E-state index is 9.68. The number of aliphatic hydroxyl groups excluding tert-OH is 1. The fourth-order valence-electron chi connectivity index (χ4n) is 1.85. The molecule has 1 N–H and O–H groups in total. The Bertz CT molecular complexity index is 345. The lowest BCUT2D eigenvalue weighted by Gasteiger charge is -2.17. The minimum Gasteiger partial charge on any atom is -0.491 e. The van der Waals surface area contributed by atoms with Crippen molar-refractivity contribution in [1.29, 1.82) is 0 Å². The molecule has 0 aromatic heterocycles. The molecule has 0 heterocycles. The minimum atomic E-state index is -0.361. The van der Waals surface area contributed by atoms with Crippen molar-refractivity contribution in [3.05, 3.63) is 29.3 Å². The standard InChI is InChI=1S/C15H24O2/c1-5-6-13(16)10-17-15-9-12(4)7-8-14(15)11(2)3/h7-9,11,13,16H,5-6,10H2,1-4H3/t13-/m1/s1. The molecule has 0 unspecified atom stereocenters. The molecule has 2 heteroatoms. The Morgan fingerprint density at radius 3 is 2.59 bits per heavy atom. The summed E-state index contributed by atoms with van der Waals surface area (Å²) in [5, 5.41) is 9.68. The second-order valence-electron chi connectivity index (χ2n) is 4.95. The van der Waals surface area contributed by atoms with Gasteiger partial charge < -0.3 is 9.84 Å². The quantitative estimate of drug-likeness (QED) is 0.816. The topological polar surface area (TPSA) is 29.5 Å². The van der Waals surface area contributed by atoms with Gasteiger partial charge in [-0.05, 0) is 36.5 Å². The van der Waals surface area contributed by atoms with Crippen molar-refractivity contribution in [1.82, 2.24) is 0 Å². The van der Waals surface area contributed by atoms with Gasteiger partial charge in [-0.1, -0.05) is 39.3 Å². The number of aliphatic hydroxyl groups is 1. The van der Waals surface area contributed by atoms with E-state index < -0.39 is 0 Å². The van der Waals surface area contributed by atoms with Gasteiger partial charge in [-0.25, -0.2) is 0 Å². The van der Waals surface area contributed by atoms with E-state index in [-0.39, 0.29) is 6.10 Å². The fraction of sp³-hybridized carbons (Fsp3) is 0.600. The van der Waals surface area contributed by atoms with Gasteiger partial charge in [0.1, 0.15) is 12.4 Å². The highest BCUT2D eigenvalue weighted by molar-refractivity contribution is 5.39. The van der Waals surface area contributed by atoms with E-state index in [1.807, 2.05) is 6.07 Å². The monoisotopic (exact) mass is 236 g/mol. The van der Waals surface area contributed by atoms with Gasteiger partial charge in [-0.2, -0.15) is 0 Å². The van der Waals surface area contributed by atoms with Gasteiger partial charge in [0.05, 0.1) is 6.10 Å². The van der Waals surface area contributed by atoms with Crippen LogP contribution < -0.4 is 4.74 Å². The van der Waals surface area contributed by atoms with Crippen LogP contribution in [0.15, 0.2) is 18.2 Å². The van der Waals surface area contributed by atoms with Crippen LogP contribution in [0.3, 0.4) is 0 Å². The molecule has 0 aliphatic carbocycles. The highest BCUT2D eigenvalue weighted by Crippen LogP contribution is 2.27. The van der Waals surface area contributed by atoms with Crippen LogP contribution in [0.25, 0.3) is 0 Å². The van der Waals surface area contributed by atoms with Crippen molar-refractivity contribution in [3.63, 3.8) is 0 Å². The Morgan fingerprint density at radius 2 is 2.00 bits per heavy atom. The largest absolute Gasteiger partial charge is 0.491 e. The number of aryl methyl sites for hydroxylation is 1. The summed E-state index contributed by atoms with van der Waals surface area (Å²) < 4.78 is 5.74. The van der Waals surface area contributed by atoms with Crippen LogP contribution in [0.1, 0.15) is 50.7 Å². The van der Waals surface area contributed by atoms with Crippen LogP contribution in [-0.4, -0.2) is 17.8 Å². The van der Waals surface area contributed by atoms with Gasteiger partial charge in [0.25, 0.3) is 0 Å². The fourth-order valence-corrected chi connectivity index (χ4v) is 1.85.